The highest BCUT2D eigenvalue weighted by atomic mass is 32.2. The van der Waals surface area contributed by atoms with Gasteiger partial charge in [0.2, 0.25) is 10.0 Å². The first-order valence-electron chi connectivity index (χ1n) is 8.06. The van der Waals surface area contributed by atoms with E-state index in [1.807, 2.05) is 24.3 Å². The van der Waals surface area contributed by atoms with Gasteiger partial charge in [-0.25, -0.2) is 17.7 Å². The third-order valence-electron chi connectivity index (χ3n) is 4.00. The first-order valence-corrected chi connectivity index (χ1v) is 10.9. The van der Waals surface area contributed by atoms with Crippen LogP contribution in [0.15, 0.2) is 35.5 Å². The Bertz CT molecular complexity index is 1120. The van der Waals surface area contributed by atoms with E-state index in [-0.39, 0.29) is 5.75 Å². The molecule has 0 saturated carbocycles. The topological polar surface area (TPSA) is 98.1 Å². The molecule has 0 aliphatic carbocycles. The maximum absolute atomic E-state index is 12.8. The SMILES string of the molecule is Cc1nn(C)c(C)c1N(C(=O)CSc1cnc2ccccc2n1)S(C)(=O)=O. The highest BCUT2D eigenvalue weighted by Gasteiger charge is 2.30. The van der Waals surface area contributed by atoms with Gasteiger partial charge in [-0.3, -0.25) is 14.5 Å². The maximum Gasteiger partial charge on any atom is 0.251 e. The molecule has 0 aliphatic heterocycles. The third kappa shape index (κ3) is 3.96. The van der Waals surface area contributed by atoms with Gasteiger partial charge < -0.3 is 0 Å². The first-order chi connectivity index (χ1) is 12.7. The van der Waals surface area contributed by atoms with Crippen molar-refractivity contribution in [1.82, 2.24) is 19.7 Å². The molecule has 2 heterocycles. The Morgan fingerprint density at radius 1 is 1.22 bits per heavy atom. The molecular formula is C17H19N5O3S2. The molecule has 3 rings (SSSR count). The zero-order valence-corrected chi connectivity index (χ0v) is 17.0. The molecule has 10 heteroatoms. The van der Waals surface area contributed by atoms with Crippen LogP contribution < -0.4 is 4.31 Å². The number of aromatic nitrogens is 4. The number of hydrogen-bond donors (Lipinski definition) is 0. The smallest absolute Gasteiger partial charge is 0.251 e. The van der Waals surface area contributed by atoms with E-state index in [4.69, 9.17) is 0 Å². The minimum Gasteiger partial charge on any atom is -0.272 e. The van der Waals surface area contributed by atoms with Crippen molar-refractivity contribution >= 4 is 44.4 Å². The molecule has 0 aliphatic rings. The van der Waals surface area contributed by atoms with Crippen LogP contribution in [0.3, 0.4) is 0 Å². The second-order valence-electron chi connectivity index (χ2n) is 6.05. The van der Waals surface area contributed by atoms with Gasteiger partial charge in [0.05, 0.1) is 40.6 Å². The minimum absolute atomic E-state index is 0.0894. The van der Waals surface area contributed by atoms with Crippen molar-refractivity contribution in [2.24, 2.45) is 7.05 Å². The number of para-hydroxylation sites is 2. The number of nitrogens with zero attached hydrogens (tertiary/aromatic N) is 5. The van der Waals surface area contributed by atoms with Gasteiger partial charge in [-0.15, -0.1) is 0 Å². The number of benzene rings is 1. The van der Waals surface area contributed by atoms with E-state index >= 15 is 0 Å². The number of carbonyl (C=O) groups excluding carboxylic acids is 1. The Kier molecular flexibility index (Phi) is 5.20. The molecule has 0 fully saturated rings. The fourth-order valence-electron chi connectivity index (χ4n) is 2.74. The number of carbonyl (C=O) groups is 1. The van der Waals surface area contributed by atoms with Crippen molar-refractivity contribution in [3.05, 3.63) is 41.9 Å². The van der Waals surface area contributed by atoms with Crippen LogP contribution in [0.5, 0.6) is 0 Å². The standard InChI is InChI=1S/C17H19N5O3S2/c1-11-17(12(2)21(3)20-11)22(27(4,24)25)16(23)10-26-15-9-18-13-7-5-6-8-14(13)19-15/h5-9H,10H2,1-4H3. The second-order valence-corrected chi connectivity index (χ2v) is 8.88. The lowest BCUT2D eigenvalue weighted by Crippen LogP contribution is -2.38. The monoisotopic (exact) mass is 405 g/mol. The van der Waals surface area contributed by atoms with Gasteiger partial charge in [-0.2, -0.15) is 5.10 Å². The predicted octanol–water partition coefficient (Wildman–Crippen LogP) is 2.07. The Hall–Kier alpha value is -2.46. The second kappa shape index (κ2) is 7.28. The molecule has 1 amide bonds. The van der Waals surface area contributed by atoms with E-state index in [0.29, 0.717) is 27.6 Å². The number of anilines is 1. The van der Waals surface area contributed by atoms with Crippen LogP contribution in [-0.4, -0.2) is 46.1 Å². The highest BCUT2D eigenvalue weighted by molar-refractivity contribution is 8.00. The van der Waals surface area contributed by atoms with Crippen LogP contribution in [0, 0.1) is 13.8 Å². The van der Waals surface area contributed by atoms with Gasteiger partial charge in [0, 0.05) is 7.05 Å². The quantitative estimate of drug-likeness (QED) is 0.599. The van der Waals surface area contributed by atoms with Gasteiger partial charge in [0.1, 0.15) is 10.7 Å². The molecule has 0 bridgehead atoms. The number of rotatable bonds is 5. The highest BCUT2D eigenvalue weighted by Crippen LogP contribution is 2.28. The number of hydrogen-bond acceptors (Lipinski definition) is 7. The Morgan fingerprint density at radius 3 is 2.48 bits per heavy atom. The molecule has 0 spiro atoms. The van der Waals surface area contributed by atoms with Crippen molar-refractivity contribution in [3.63, 3.8) is 0 Å². The molecule has 0 atom stereocenters. The summed E-state index contributed by atoms with van der Waals surface area (Å²) >= 11 is 1.14. The number of fused-ring (bicyclic) bond motifs is 1. The maximum atomic E-state index is 12.8. The number of amides is 1. The van der Waals surface area contributed by atoms with Crippen LogP contribution >= 0.6 is 11.8 Å². The average Bonchev–Trinajstić information content (AvgIpc) is 2.85. The van der Waals surface area contributed by atoms with Gasteiger partial charge in [0.25, 0.3) is 5.91 Å². The lowest BCUT2D eigenvalue weighted by Gasteiger charge is -2.20. The summed E-state index contributed by atoms with van der Waals surface area (Å²) in [6.07, 6.45) is 2.59. The molecule has 0 unspecified atom stereocenters. The fraction of sp³-hybridized carbons (Fsp3) is 0.294. The van der Waals surface area contributed by atoms with Crippen molar-refractivity contribution < 1.29 is 13.2 Å². The van der Waals surface area contributed by atoms with Gasteiger partial charge >= 0.3 is 0 Å². The van der Waals surface area contributed by atoms with Crippen LogP contribution in [0.2, 0.25) is 0 Å². The van der Waals surface area contributed by atoms with Crippen molar-refractivity contribution in [3.8, 4) is 0 Å². The molecule has 0 saturated heterocycles. The largest absolute Gasteiger partial charge is 0.272 e. The fourth-order valence-corrected chi connectivity index (χ4v) is 4.54. The molecule has 142 valence electrons. The summed E-state index contributed by atoms with van der Waals surface area (Å²) < 4.78 is 27.0. The third-order valence-corrected chi connectivity index (χ3v) is 5.94. The zero-order valence-electron chi connectivity index (χ0n) is 15.4. The Balaban J connectivity index is 1.86. The van der Waals surface area contributed by atoms with Crippen molar-refractivity contribution in [1.29, 1.82) is 0 Å². The van der Waals surface area contributed by atoms with E-state index < -0.39 is 15.9 Å². The summed E-state index contributed by atoms with van der Waals surface area (Å²) in [7, 11) is -2.10. The van der Waals surface area contributed by atoms with Crippen LogP contribution in [0.4, 0.5) is 5.69 Å². The summed E-state index contributed by atoms with van der Waals surface area (Å²) in [6.45, 7) is 3.40. The van der Waals surface area contributed by atoms with Crippen LogP contribution in [0.25, 0.3) is 11.0 Å². The van der Waals surface area contributed by atoms with E-state index in [1.54, 1.807) is 31.8 Å². The molecule has 3 aromatic rings. The van der Waals surface area contributed by atoms with Crippen LogP contribution in [0.1, 0.15) is 11.4 Å². The Labute approximate surface area is 161 Å². The molecule has 27 heavy (non-hydrogen) atoms. The summed E-state index contributed by atoms with van der Waals surface area (Å²) in [5.74, 6) is -0.648. The lowest BCUT2D eigenvalue weighted by molar-refractivity contribution is -0.115. The normalized spacial score (nSPS) is 11.7. The van der Waals surface area contributed by atoms with E-state index in [2.05, 4.69) is 15.1 Å². The predicted molar refractivity (Wildman–Crippen MR) is 105 cm³/mol. The number of sulfonamides is 1. The number of aryl methyl sites for hydroxylation is 2. The minimum atomic E-state index is -3.81. The molecule has 0 radical (unpaired) electrons. The summed E-state index contributed by atoms with van der Waals surface area (Å²) in [5, 5.41) is 4.76. The van der Waals surface area contributed by atoms with Gasteiger partial charge in [0.15, 0.2) is 0 Å². The van der Waals surface area contributed by atoms with E-state index in [1.165, 1.54) is 0 Å². The van der Waals surface area contributed by atoms with Crippen LogP contribution in [-0.2, 0) is 21.9 Å². The zero-order chi connectivity index (χ0) is 19.8. The van der Waals surface area contributed by atoms with Crippen molar-refractivity contribution in [2.45, 2.75) is 18.9 Å². The summed E-state index contributed by atoms with van der Waals surface area (Å²) in [4.78, 5) is 21.5. The van der Waals surface area contributed by atoms with E-state index in [0.717, 1.165) is 27.8 Å². The van der Waals surface area contributed by atoms with E-state index in [9.17, 15) is 13.2 Å². The number of thioether (sulfide) groups is 1. The van der Waals surface area contributed by atoms with Gasteiger partial charge in [-0.05, 0) is 26.0 Å². The molecule has 0 N–H and O–H groups in total. The lowest BCUT2D eigenvalue weighted by atomic mass is 10.3. The first kappa shape index (κ1) is 19.3. The molecule has 1 aromatic carbocycles. The summed E-state index contributed by atoms with van der Waals surface area (Å²) in [5.41, 5.74) is 2.85. The van der Waals surface area contributed by atoms with Gasteiger partial charge in [-0.1, -0.05) is 23.9 Å². The average molecular weight is 406 g/mol. The molecule has 8 nitrogen and oxygen atoms in total. The molecule has 2 aromatic heterocycles. The summed E-state index contributed by atoms with van der Waals surface area (Å²) in [6, 6.07) is 7.41. The molecular weight excluding hydrogens is 386 g/mol. The Morgan fingerprint density at radius 2 is 1.89 bits per heavy atom. The van der Waals surface area contributed by atoms with Crippen molar-refractivity contribution in [2.75, 3.05) is 16.3 Å².